The Labute approximate surface area is 171 Å². The summed E-state index contributed by atoms with van der Waals surface area (Å²) in [4.78, 5) is 16.7. The molecule has 3 aromatic rings. The van der Waals surface area contributed by atoms with E-state index in [1.54, 1.807) is 23.9 Å². The molecule has 0 saturated heterocycles. The number of anilines is 1. The molecule has 0 saturated carbocycles. The lowest BCUT2D eigenvalue weighted by molar-refractivity contribution is -0.118. The third-order valence-corrected chi connectivity index (χ3v) is 5.37. The molecule has 4 rings (SSSR count). The summed E-state index contributed by atoms with van der Waals surface area (Å²) in [7, 11) is 1.72. The fourth-order valence-electron chi connectivity index (χ4n) is 2.98. The molecule has 0 fully saturated rings. The van der Waals surface area contributed by atoms with E-state index in [9.17, 15) is 4.79 Å². The van der Waals surface area contributed by atoms with Crippen molar-refractivity contribution in [2.24, 2.45) is 10.1 Å². The Bertz CT molecular complexity index is 1230. The van der Waals surface area contributed by atoms with E-state index in [0.717, 1.165) is 27.3 Å². The van der Waals surface area contributed by atoms with Gasteiger partial charge in [-0.2, -0.15) is 10.4 Å². The molecule has 0 aliphatic carbocycles. The number of aromatic nitrogens is 1. The van der Waals surface area contributed by atoms with Crippen LogP contribution in [0.15, 0.2) is 57.9 Å². The van der Waals surface area contributed by atoms with Crippen LogP contribution >= 0.6 is 11.3 Å². The number of carbonyl (C=O) groups excluding carboxylic acids is 1. The Balaban J connectivity index is 1.78. The second-order valence-electron chi connectivity index (χ2n) is 6.36. The summed E-state index contributed by atoms with van der Waals surface area (Å²) in [6.07, 6.45) is 0. The summed E-state index contributed by atoms with van der Waals surface area (Å²) < 4.78 is 7.22. The summed E-state index contributed by atoms with van der Waals surface area (Å²) in [6.45, 7) is 1.94. The number of nitrogens with zero attached hydrogens (tertiary/aromatic N) is 4. The molecule has 1 N–H and O–H groups in total. The third kappa shape index (κ3) is 3.68. The van der Waals surface area contributed by atoms with Gasteiger partial charge in [-0.1, -0.05) is 12.1 Å². The number of ether oxygens (including phenoxy) is 1. The van der Waals surface area contributed by atoms with E-state index in [1.165, 1.54) is 11.3 Å². The lowest BCUT2D eigenvalue weighted by Crippen LogP contribution is -2.25. The highest BCUT2D eigenvalue weighted by atomic mass is 32.1. The Morgan fingerprint density at radius 3 is 2.79 bits per heavy atom. The molecule has 0 unspecified atom stereocenters. The molecule has 29 heavy (non-hydrogen) atoms. The summed E-state index contributed by atoms with van der Waals surface area (Å²) >= 11 is 1.48. The number of thiazole rings is 1. The number of hydrogen-bond acceptors (Lipinski definition) is 6. The summed E-state index contributed by atoms with van der Waals surface area (Å²) in [6, 6.07) is 15.0. The average molecular weight is 403 g/mol. The molecule has 1 aliphatic heterocycles. The number of nitrogens with one attached hydrogen (secondary N) is 1. The van der Waals surface area contributed by atoms with E-state index in [4.69, 9.17) is 15.1 Å². The largest absolute Gasteiger partial charge is 0.482 e. The fourth-order valence-corrected chi connectivity index (χ4v) is 3.78. The van der Waals surface area contributed by atoms with Crippen LogP contribution in [0.5, 0.6) is 5.75 Å². The van der Waals surface area contributed by atoms with E-state index in [0.29, 0.717) is 17.0 Å². The quantitative estimate of drug-likeness (QED) is 0.681. The van der Waals surface area contributed by atoms with Gasteiger partial charge in [0.15, 0.2) is 6.61 Å². The van der Waals surface area contributed by atoms with Crippen LogP contribution in [-0.2, 0) is 4.79 Å². The van der Waals surface area contributed by atoms with Crippen molar-refractivity contribution in [3.63, 3.8) is 0 Å². The van der Waals surface area contributed by atoms with Gasteiger partial charge in [0.2, 0.25) is 4.80 Å². The highest BCUT2D eigenvalue weighted by molar-refractivity contribution is 7.07. The number of carbonyl (C=O) groups is 1. The lowest BCUT2D eigenvalue weighted by Gasteiger charge is -2.18. The van der Waals surface area contributed by atoms with Crippen molar-refractivity contribution in [2.45, 2.75) is 6.92 Å². The molecule has 0 spiro atoms. The van der Waals surface area contributed by atoms with Crippen LogP contribution in [0.1, 0.15) is 18.1 Å². The van der Waals surface area contributed by atoms with Gasteiger partial charge in [-0.05, 0) is 42.8 Å². The van der Waals surface area contributed by atoms with Gasteiger partial charge in [0, 0.05) is 18.0 Å². The van der Waals surface area contributed by atoms with Crippen molar-refractivity contribution in [3.8, 4) is 23.1 Å². The maximum atomic E-state index is 11.6. The summed E-state index contributed by atoms with van der Waals surface area (Å²) in [5.74, 6) is 0.472. The molecular formula is C21H17N5O2S. The average Bonchev–Trinajstić information content (AvgIpc) is 3.15. The SMILES string of the molecule is CN=c1scc(-c2ccc3c(c2)NC(=O)CO3)n1N=C(C)c1ccc(C#N)cc1. The number of hydrogen-bond donors (Lipinski definition) is 1. The van der Waals surface area contributed by atoms with E-state index in [-0.39, 0.29) is 12.5 Å². The number of nitriles is 1. The van der Waals surface area contributed by atoms with Crippen molar-refractivity contribution >= 4 is 28.6 Å². The van der Waals surface area contributed by atoms with E-state index in [1.807, 2.05) is 42.6 Å². The zero-order valence-electron chi connectivity index (χ0n) is 15.8. The van der Waals surface area contributed by atoms with Crippen molar-refractivity contribution in [3.05, 3.63) is 63.8 Å². The minimum absolute atomic E-state index is 0.0255. The third-order valence-electron chi connectivity index (χ3n) is 4.47. The molecule has 7 nitrogen and oxygen atoms in total. The predicted molar refractivity (Wildman–Crippen MR) is 112 cm³/mol. The molecule has 1 aromatic heterocycles. The van der Waals surface area contributed by atoms with Crippen LogP contribution in [0.25, 0.3) is 11.3 Å². The van der Waals surface area contributed by atoms with Crippen LogP contribution < -0.4 is 14.9 Å². The number of amides is 1. The Morgan fingerprint density at radius 1 is 1.28 bits per heavy atom. The second kappa shape index (κ2) is 7.73. The molecule has 2 aromatic carbocycles. The first-order valence-corrected chi connectivity index (χ1v) is 9.73. The maximum Gasteiger partial charge on any atom is 0.262 e. The molecule has 1 aliphatic rings. The maximum absolute atomic E-state index is 11.6. The molecule has 1 amide bonds. The molecule has 144 valence electrons. The normalized spacial score (nSPS) is 14.0. The van der Waals surface area contributed by atoms with E-state index >= 15 is 0 Å². The van der Waals surface area contributed by atoms with Crippen LogP contribution in [0.4, 0.5) is 5.69 Å². The topological polar surface area (TPSA) is 91.8 Å². The van der Waals surface area contributed by atoms with E-state index in [2.05, 4.69) is 16.4 Å². The van der Waals surface area contributed by atoms with Gasteiger partial charge in [-0.3, -0.25) is 9.79 Å². The van der Waals surface area contributed by atoms with Gasteiger partial charge in [0.25, 0.3) is 5.91 Å². The molecule has 8 heteroatoms. The highest BCUT2D eigenvalue weighted by Crippen LogP contribution is 2.32. The number of fused-ring (bicyclic) bond motifs is 1. The molecular weight excluding hydrogens is 386 g/mol. The lowest BCUT2D eigenvalue weighted by atomic mass is 10.1. The number of rotatable bonds is 3. The van der Waals surface area contributed by atoms with Crippen LogP contribution in [-0.4, -0.2) is 29.9 Å². The zero-order valence-corrected chi connectivity index (χ0v) is 16.7. The van der Waals surface area contributed by atoms with E-state index < -0.39 is 0 Å². The summed E-state index contributed by atoms with van der Waals surface area (Å²) in [5, 5.41) is 18.6. The first-order chi connectivity index (χ1) is 14.1. The molecule has 0 atom stereocenters. The van der Waals surface area contributed by atoms with Crippen molar-refractivity contribution < 1.29 is 9.53 Å². The van der Waals surface area contributed by atoms with Gasteiger partial charge in [-0.15, -0.1) is 11.3 Å². The van der Waals surface area contributed by atoms with Gasteiger partial charge in [0.05, 0.1) is 28.7 Å². The van der Waals surface area contributed by atoms with Crippen LogP contribution in [0.3, 0.4) is 0 Å². The number of benzene rings is 2. The van der Waals surface area contributed by atoms with Gasteiger partial charge >= 0.3 is 0 Å². The highest BCUT2D eigenvalue weighted by Gasteiger charge is 2.18. The van der Waals surface area contributed by atoms with Gasteiger partial charge in [-0.25, -0.2) is 4.68 Å². The van der Waals surface area contributed by atoms with Crippen molar-refractivity contribution in [1.82, 2.24) is 4.68 Å². The Hall–Kier alpha value is -3.70. The van der Waals surface area contributed by atoms with Crippen molar-refractivity contribution in [2.75, 3.05) is 19.0 Å². The standard InChI is InChI=1S/C21H17N5O2S/c1-13(15-5-3-14(10-22)4-6-15)25-26-18(12-29-21(26)23-2)16-7-8-19-17(9-16)24-20(27)11-28-19/h3-9,12H,11H2,1-2H3,(H,24,27). The molecule has 0 radical (unpaired) electrons. The monoisotopic (exact) mass is 403 g/mol. The Kier molecular flexibility index (Phi) is 4.97. The van der Waals surface area contributed by atoms with Gasteiger partial charge in [0.1, 0.15) is 5.75 Å². The molecule has 0 bridgehead atoms. The van der Waals surface area contributed by atoms with Crippen molar-refractivity contribution in [1.29, 1.82) is 5.26 Å². The minimum atomic E-state index is -0.174. The summed E-state index contributed by atoms with van der Waals surface area (Å²) in [5.41, 5.74) is 4.69. The Morgan fingerprint density at radius 2 is 2.07 bits per heavy atom. The smallest absolute Gasteiger partial charge is 0.262 e. The first kappa shape index (κ1) is 18.7. The fraction of sp³-hybridized carbons (Fsp3) is 0.143. The minimum Gasteiger partial charge on any atom is -0.482 e. The van der Waals surface area contributed by atoms with Crippen LogP contribution in [0, 0.1) is 11.3 Å². The zero-order chi connectivity index (χ0) is 20.4. The predicted octanol–water partition coefficient (Wildman–Crippen LogP) is 3.22. The van der Waals surface area contributed by atoms with Crippen LogP contribution in [0.2, 0.25) is 0 Å². The second-order valence-corrected chi connectivity index (χ2v) is 7.20. The first-order valence-electron chi connectivity index (χ1n) is 8.85. The van der Waals surface area contributed by atoms with Gasteiger partial charge < -0.3 is 10.1 Å². The molecule has 2 heterocycles.